The summed E-state index contributed by atoms with van der Waals surface area (Å²) in [7, 11) is 1.80. The van der Waals surface area contributed by atoms with Crippen molar-refractivity contribution >= 4 is 5.91 Å². The second-order valence-corrected chi connectivity index (χ2v) is 6.03. The molecule has 1 aromatic carbocycles. The molecule has 0 saturated carbocycles. The average molecular weight is 278 g/mol. The van der Waals surface area contributed by atoms with Crippen LogP contribution < -0.4 is 10.1 Å². The molecule has 0 atom stereocenters. The van der Waals surface area contributed by atoms with Gasteiger partial charge < -0.3 is 15.0 Å². The minimum Gasteiger partial charge on any atom is -0.491 e. The number of benzene rings is 1. The summed E-state index contributed by atoms with van der Waals surface area (Å²) in [5.74, 6) is 0.953. The highest BCUT2D eigenvalue weighted by atomic mass is 16.5. The highest BCUT2D eigenvalue weighted by molar-refractivity contribution is 5.78. The number of carbonyl (C=O) groups is 1. The molecule has 0 aromatic heterocycles. The molecule has 1 N–H and O–H groups in total. The molecule has 0 unspecified atom stereocenters. The smallest absolute Gasteiger partial charge is 0.236 e. The van der Waals surface area contributed by atoms with Gasteiger partial charge in [0.1, 0.15) is 12.4 Å². The molecule has 0 aliphatic heterocycles. The van der Waals surface area contributed by atoms with E-state index < -0.39 is 0 Å². The van der Waals surface area contributed by atoms with E-state index in [9.17, 15) is 4.79 Å². The fourth-order valence-corrected chi connectivity index (χ4v) is 1.61. The Hall–Kier alpha value is -1.55. The quantitative estimate of drug-likeness (QED) is 0.867. The summed E-state index contributed by atoms with van der Waals surface area (Å²) in [6, 6.07) is 7.89. The zero-order valence-corrected chi connectivity index (χ0v) is 13.2. The molecule has 1 aromatic rings. The number of amides is 1. The zero-order valence-electron chi connectivity index (χ0n) is 13.2. The predicted molar refractivity (Wildman–Crippen MR) is 82.1 cm³/mol. The van der Waals surface area contributed by atoms with Crippen molar-refractivity contribution in [2.75, 3.05) is 26.7 Å². The number of carbonyl (C=O) groups excluding carboxylic acids is 1. The lowest BCUT2D eigenvalue weighted by atomic mass is 10.1. The molecular formula is C16H26N2O2. The van der Waals surface area contributed by atoms with Crippen LogP contribution in [0.1, 0.15) is 26.3 Å². The molecule has 1 rings (SSSR count). The monoisotopic (exact) mass is 278 g/mol. The standard InChI is InChI=1S/C16H26N2O2/c1-13-8-6-7-9-14(13)20-11-10-18(5)15(19)12-17-16(2,3)4/h6-9,17H,10-12H2,1-5H3. The van der Waals surface area contributed by atoms with Gasteiger partial charge in [-0.15, -0.1) is 0 Å². The Morgan fingerprint density at radius 2 is 1.95 bits per heavy atom. The molecule has 0 heterocycles. The van der Waals surface area contributed by atoms with E-state index in [0.717, 1.165) is 11.3 Å². The van der Waals surface area contributed by atoms with Gasteiger partial charge >= 0.3 is 0 Å². The minimum atomic E-state index is -0.0475. The van der Waals surface area contributed by atoms with Crippen molar-refractivity contribution in [1.29, 1.82) is 0 Å². The molecule has 0 saturated heterocycles. The molecule has 0 bridgehead atoms. The van der Waals surface area contributed by atoms with E-state index in [1.165, 1.54) is 0 Å². The zero-order chi connectivity index (χ0) is 15.2. The van der Waals surface area contributed by atoms with Crippen LogP contribution in [0.25, 0.3) is 0 Å². The largest absolute Gasteiger partial charge is 0.491 e. The number of hydrogen-bond donors (Lipinski definition) is 1. The predicted octanol–water partition coefficient (Wildman–Crippen LogP) is 2.22. The summed E-state index contributed by atoms with van der Waals surface area (Å²) in [5, 5.41) is 3.19. The first-order chi connectivity index (χ1) is 9.29. The van der Waals surface area contributed by atoms with Crippen molar-refractivity contribution < 1.29 is 9.53 Å². The molecule has 0 aliphatic rings. The Morgan fingerprint density at radius 1 is 1.30 bits per heavy atom. The summed E-state index contributed by atoms with van der Waals surface area (Å²) < 4.78 is 5.69. The van der Waals surface area contributed by atoms with Crippen LogP contribution in [0.4, 0.5) is 0 Å². The Labute approximate surface area is 122 Å². The number of rotatable bonds is 6. The van der Waals surface area contributed by atoms with E-state index in [2.05, 4.69) is 5.32 Å². The van der Waals surface area contributed by atoms with Crippen molar-refractivity contribution in [3.8, 4) is 5.75 Å². The Morgan fingerprint density at radius 3 is 2.55 bits per heavy atom. The van der Waals surface area contributed by atoms with Gasteiger partial charge in [0.05, 0.1) is 13.1 Å². The molecule has 0 spiro atoms. The minimum absolute atomic E-state index is 0.0475. The first kappa shape index (κ1) is 16.5. The van der Waals surface area contributed by atoms with Gasteiger partial charge in [-0.05, 0) is 39.3 Å². The molecular weight excluding hydrogens is 252 g/mol. The second kappa shape index (κ2) is 7.29. The van der Waals surface area contributed by atoms with Gasteiger partial charge in [-0.25, -0.2) is 0 Å². The van der Waals surface area contributed by atoms with Crippen LogP contribution in [-0.2, 0) is 4.79 Å². The summed E-state index contributed by atoms with van der Waals surface area (Å²) >= 11 is 0. The van der Waals surface area contributed by atoms with Crippen molar-refractivity contribution in [2.24, 2.45) is 0 Å². The van der Waals surface area contributed by atoms with Gasteiger partial charge in [0, 0.05) is 12.6 Å². The number of hydrogen-bond acceptors (Lipinski definition) is 3. The van der Waals surface area contributed by atoms with E-state index in [0.29, 0.717) is 19.7 Å². The van der Waals surface area contributed by atoms with Crippen LogP contribution in [-0.4, -0.2) is 43.1 Å². The van der Waals surface area contributed by atoms with E-state index in [1.54, 1.807) is 11.9 Å². The van der Waals surface area contributed by atoms with Crippen LogP contribution >= 0.6 is 0 Å². The Bertz CT molecular complexity index is 438. The third kappa shape index (κ3) is 6.06. The number of nitrogens with zero attached hydrogens (tertiary/aromatic N) is 1. The molecule has 112 valence electrons. The molecule has 20 heavy (non-hydrogen) atoms. The van der Waals surface area contributed by atoms with Crippen LogP contribution in [0.5, 0.6) is 5.75 Å². The first-order valence-corrected chi connectivity index (χ1v) is 6.97. The Kier molecular flexibility index (Phi) is 6.02. The number of para-hydroxylation sites is 1. The van der Waals surface area contributed by atoms with Gasteiger partial charge in [0.25, 0.3) is 0 Å². The van der Waals surface area contributed by atoms with Gasteiger partial charge in [0.15, 0.2) is 0 Å². The van der Waals surface area contributed by atoms with Crippen molar-refractivity contribution in [2.45, 2.75) is 33.2 Å². The summed E-state index contributed by atoms with van der Waals surface area (Å²) in [6.07, 6.45) is 0. The third-order valence-electron chi connectivity index (χ3n) is 2.97. The van der Waals surface area contributed by atoms with E-state index in [1.807, 2.05) is 52.0 Å². The fraction of sp³-hybridized carbons (Fsp3) is 0.562. The molecule has 0 radical (unpaired) electrons. The van der Waals surface area contributed by atoms with Crippen molar-refractivity contribution in [3.63, 3.8) is 0 Å². The SMILES string of the molecule is Cc1ccccc1OCCN(C)C(=O)CNC(C)(C)C. The maximum absolute atomic E-state index is 11.9. The number of nitrogens with one attached hydrogen (secondary N) is 1. The molecule has 4 nitrogen and oxygen atoms in total. The fourth-order valence-electron chi connectivity index (χ4n) is 1.61. The third-order valence-corrected chi connectivity index (χ3v) is 2.97. The summed E-state index contributed by atoms with van der Waals surface area (Å²) in [5.41, 5.74) is 1.06. The van der Waals surface area contributed by atoms with Gasteiger partial charge in [-0.3, -0.25) is 4.79 Å². The highest BCUT2D eigenvalue weighted by Crippen LogP contribution is 2.15. The van der Waals surface area contributed by atoms with Crippen LogP contribution in [0.3, 0.4) is 0 Å². The maximum atomic E-state index is 11.9. The lowest BCUT2D eigenvalue weighted by Crippen LogP contribution is -2.44. The number of ether oxygens (including phenoxy) is 1. The average Bonchev–Trinajstić information content (AvgIpc) is 2.37. The first-order valence-electron chi connectivity index (χ1n) is 6.97. The van der Waals surface area contributed by atoms with Crippen LogP contribution in [0.15, 0.2) is 24.3 Å². The lowest BCUT2D eigenvalue weighted by molar-refractivity contribution is -0.129. The summed E-state index contributed by atoms with van der Waals surface area (Å²) in [4.78, 5) is 13.6. The lowest BCUT2D eigenvalue weighted by Gasteiger charge is -2.23. The van der Waals surface area contributed by atoms with E-state index in [4.69, 9.17) is 4.74 Å². The Balaban J connectivity index is 2.31. The van der Waals surface area contributed by atoms with Crippen molar-refractivity contribution in [1.82, 2.24) is 10.2 Å². The van der Waals surface area contributed by atoms with E-state index >= 15 is 0 Å². The molecule has 1 amide bonds. The van der Waals surface area contributed by atoms with Gasteiger partial charge in [0.2, 0.25) is 5.91 Å². The van der Waals surface area contributed by atoms with Crippen LogP contribution in [0, 0.1) is 6.92 Å². The van der Waals surface area contributed by atoms with Gasteiger partial charge in [-0.2, -0.15) is 0 Å². The molecule has 4 heteroatoms. The second-order valence-electron chi connectivity index (χ2n) is 6.03. The maximum Gasteiger partial charge on any atom is 0.236 e. The molecule has 0 fully saturated rings. The van der Waals surface area contributed by atoms with Gasteiger partial charge in [-0.1, -0.05) is 18.2 Å². The van der Waals surface area contributed by atoms with Crippen molar-refractivity contribution in [3.05, 3.63) is 29.8 Å². The van der Waals surface area contributed by atoms with Crippen LogP contribution in [0.2, 0.25) is 0 Å². The number of aryl methyl sites for hydroxylation is 1. The number of likely N-dealkylation sites (N-methyl/N-ethyl adjacent to an activating group) is 1. The normalized spacial score (nSPS) is 11.2. The van der Waals surface area contributed by atoms with E-state index in [-0.39, 0.29) is 11.4 Å². The summed E-state index contributed by atoms with van der Waals surface area (Å²) in [6.45, 7) is 9.58. The topological polar surface area (TPSA) is 41.6 Å². The highest BCUT2D eigenvalue weighted by Gasteiger charge is 2.14. The molecule has 0 aliphatic carbocycles.